The minimum absolute atomic E-state index is 0.336. The van der Waals surface area contributed by atoms with Crippen LogP contribution in [-0.2, 0) is 0 Å². The molecule has 0 saturated carbocycles. The molecule has 5 heterocycles. The van der Waals surface area contributed by atoms with Crippen LogP contribution in [0.5, 0.6) is 0 Å². The maximum atomic E-state index is 13.8. The number of fused-ring (bicyclic) bond motifs is 2. The van der Waals surface area contributed by atoms with Gasteiger partial charge in [-0.15, -0.1) is 0 Å². The average Bonchev–Trinajstić information content (AvgIpc) is 3.52. The van der Waals surface area contributed by atoms with Gasteiger partial charge in [0.2, 0.25) is 0 Å². The standard InChI is InChI=1S/C26H21FN8O/c1-2-21(36)31-18-9-15(11-28-13-18)16-10-19-23(34-35-25(19)30-12-16)26-32-20-6-7-29-22(24(20)33-26)14-4-3-5-17(27)8-14/h3-13,21,31,36H,2H2,1H3,(H,32,33)(H,30,34,35). The van der Waals surface area contributed by atoms with Crippen LogP contribution in [0.25, 0.3) is 56.0 Å². The summed E-state index contributed by atoms with van der Waals surface area (Å²) in [5.41, 5.74) is 6.21. The molecule has 0 aliphatic rings. The molecule has 10 heteroatoms. The van der Waals surface area contributed by atoms with Crippen molar-refractivity contribution in [3.63, 3.8) is 0 Å². The van der Waals surface area contributed by atoms with Crippen molar-refractivity contribution in [2.75, 3.05) is 5.32 Å². The Labute approximate surface area is 204 Å². The smallest absolute Gasteiger partial charge is 0.159 e. The zero-order chi connectivity index (χ0) is 24.6. The van der Waals surface area contributed by atoms with Crippen LogP contribution in [0.15, 0.2) is 67.3 Å². The molecule has 0 amide bonds. The number of hydrogen-bond donors (Lipinski definition) is 4. The largest absolute Gasteiger partial charge is 0.374 e. The maximum Gasteiger partial charge on any atom is 0.159 e. The lowest BCUT2D eigenvalue weighted by Gasteiger charge is -2.12. The predicted molar refractivity (Wildman–Crippen MR) is 135 cm³/mol. The summed E-state index contributed by atoms with van der Waals surface area (Å²) in [6, 6.07) is 12.0. The van der Waals surface area contributed by atoms with Gasteiger partial charge in [0.1, 0.15) is 23.3 Å². The summed E-state index contributed by atoms with van der Waals surface area (Å²) < 4.78 is 13.8. The van der Waals surface area contributed by atoms with Crippen LogP contribution >= 0.6 is 0 Å². The summed E-state index contributed by atoms with van der Waals surface area (Å²) in [6.45, 7) is 1.89. The topological polar surface area (TPSA) is 128 Å². The highest BCUT2D eigenvalue weighted by atomic mass is 19.1. The molecule has 0 fully saturated rings. The summed E-state index contributed by atoms with van der Waals surface area (Å²) in [4.78, 5) is 21.3. The minimum atomic E-state index is -0.650. The Bertz CT molecular complexity index is 1710. The van der Waals surface area contributed by atoms with E-state index < -0.39 is 6.23 Å². The number of aromatic nitrogens is 7. The van der Waals surface area contributed by atoms with E-state index in [1.807, 2.05) is 25.1 Å². The Morgan fingerprint density at radius 3 is 2.75 bits per heavy atom. The second-order valence-electron chi connectivity index (χ2n) is 8.37. The highest BCUT2D eigenvalue weighted by molar-refractivity contribution is 5.96. The second kappa shape index (κ2) is 8.82. The van der Waals surface area contributed by atoms with Gasteiger partial charge >= 0.3 is 0 Å². The van der Waals surface area contributed by atoms with Crippen LogP contribution in [0.4, 0.5) is 10.1 Å². The van der Waals surface area contributed by atoms with E-state index in [-0.39, 0.29) is 5.82 Å². The Hall–Kier alpha value is -4.70. The van der Waals surface area contributed by atoms with Crippen molar-refractivity contribution in [2.24, 2.45) is 0 Å². The fourth-order valence-electron chi connectivity index (χ4n) is 4.11. The first-order valence-corrected chi connectivity index (χ1v) is 11.4. The highest BCUT2D eigenvalue weighted by Gasteiger charge is 2.17. The molecule has 0 aliphatic heterocycles. The van der Waals surface area contributed by atoms with Crippen LogP contribution in [-0.4, -0.2) is 46.5 Å². The van der Waals surface area contributed by atoms with Gasteiger partial charge in [-0.25, -0.2) is 14.4 Å². The Morgan fingerprint density at radius 2 is 1.89 bits per heavy atom. The molecular weight excluding hydrogens is 459 g/mol. The highest BCUT2D eigenvalue weighted by Crippen LogP contribution is 2.32. The first-order valence-electron chi connectivity index (χ1n) is 11.4. The van der Waals surface area contributed by atoms with Crippen molar-refractivity contribution in [3.8, 4) is 33.9 Å². The molecule has 36 heavy (non-hydrogen) atoms. The molecular formula is C26H21FN8O. The number of aliphatic hydroxyl groups is 1. The van der Waals surface area contributed by atoms with E-state index in [0.717, 1.165) is 22.0 Å². The number of aromatic amines is 2. The summed E-state index contributed by atoms with van der Waals surface area (Å²) in [6.07, 6.45) is 6.73. The lowest BCUT2D eigenvalue weighted by Crippen LogP contribution is -2.16. The Kier molecular flexibility index (Phi) is 5.34. The maximum absolute atomic E-state index is 13.8. The van der Waals surface area contributed by atoms with Crippen molar-refractivity contribution in [1.29, 1.82) is 0 Å². The van der Waals surface area contributed by atoms with Gasteiger partial charge in [0.15, 0.2) is 11.5 Å². The molecule has 4 N–H and O–H groups in total. The van der Waals surface area contributed by atoms with Crippen LogP contribution in [0.1, 0.15) is 13.3 Å². The lowest BCUT2D eigenvalue weighted by molar-refractivity contribution is 0.199. The van der Waals surface area contributed by atoms with Crippen LogP contribution in [0.2, 0.25) is 0 Å². The summed E-state index contributed by atoms with van der Waals surface area (Å²) in [5.74, 6) is 0.206. The van der Waals surface area contributed by atoms with Crippen molar-refractivity contribution >= 4 is 27.8 Å². The average molecular weight is 481 g/mol. The van der Waals surface area contributed by atoms with E-state index in [1.54, 1.807) is 36.9 Å². The van der Waals surface area contributed by atoms with Crippen molar-refractivity contribution in [1.82, 2.24) is 35.1 Å². The minimum Gasteiger partial charge on any atom is -0.374 e. The molecule has 0 radical (unpaired) electrons. The normalized spacial score (nSPS) is 12.3. The molecule has 0 bridgehead atoms. The molecule has 1 unspecified atom stereocenters. The number of hydrogen-bond acceptors (Lipinski definition) is 7. The molecule has 5 aromatic heterocycles. The molecule has 6 aromatic rings. The monoisotopic (exact) mass is 480 g/mol. The number of pyridine rings is 3. The molecule has 0 aliphatic carbocycles. The quantitative estimate of drug-likeness (QED) is 0.250. The third-order valence-electron chi connectivity index (χ3n) is 5.93. The summed E-state index contributed by atoms with van der Waals surface area (Å²) >= 11 is 0. The number of halogens is 1. The number of anilines is 1. The van der Waals surface area contributed by atoms with Gasteiger partial charge in [0.05, 0.1) is 28.5 Å². The van der Waals surface area contributed by atoms with Crippen LogP contribution in [0.3, 0.4) is 0 Å². The lowest BCUT2D eigenvalue weighted by atomic mass is 10.1. The van der Waals surface area contributed by atoms with Gasteiger partial charge in [0, 0.05) is 35.3 Å². The van der Waals surface area contributed by atoms with Gasteiger partial charge in [-0.05, 0) is 36.8 Å². The molecule has 1 atom stereocenters. The first kappa shape index (κ1) is 21.8. The number of aliphatic hydroxyl groups excluding tert-OH is 1. The Balaban J connectivity index is 1.43. The fourth-order valence-corrected chi connectivity index (χ4v) is 4.11. The Morgan fingerprint density at radius 1 is 1.00 bits per heavy atom. The number of imidazole rings is 1. The van der Waals surface area contributed by atoms with Crippen molar-refractivity contribution < 1.29 is 9.50 Å². The number of rotatable bonds is 6. The van der Waals surface area contributed by atoms with E-state index >= 15 is 0 Å². The molecule has 178 valence electrons. The van der Waals surface area contributed by atoms with E-state index in [0.29, 0.717) is 46.0 Å². The van der Waals surface area contributed by atoms with Gasteiger partial charge in [0.25, 0.3) is 0 Å². The summed E-state index contributed by atoms with van der Waals surface area (Å²) in [5, 5.41) is 21.1. The van der Waals surface area contributed by atoms with Crippen molar-refractivity contribution in [3.05, 3.63) is 73.1 Å². The molecule has 6 rings (SSSR count). The van der Waals surface area contributed by atoms with E-state index in [2.05, 4.69) is 35.5 Å². The number of H-pyrrole nitrogens is 2. The first-order chi connectivity index (χ1) is 17.6. The van der Waals surface area contributed by atoms with E-state index in [1.165, 1.54) is 12.1 Å². The zero-order valence-corrected chi connectivity index (χ0v) is 19.2. The molecule has 1 aromatic carbocycles. The number of nitrogens with zero attached hydrogens (tertiary/aromatic N) is 5. The molecule has 9 nitrogen and oxygen atoms in total. The van der Waals surface area contributed by atoms with Gasteiger partial charge in [-0.2, -0.15) is 5.10 Å². The van der Waals surface area contributed by atoms with Crippen molar-refractivity contribution in [2.45, 2.75) is 19.6 Å². The van der Waals surface area contributed by atoms with Gasteiger partial charge < -0.3 is 15.4 Å². The second-order valence-corrected chi connectivity index (χ2v) is 8.37. The third kappa shape index (κ3) is 3.93. The van der Waals surface area contributed by atoms with Crippen LogP contribution in [0, 0.1) is 5.82 Å². The van der Waals surface area contributed by atoms with E-state index in [4.69, 9.17) is 4.98 Å². The van der Waals surface area contributed by atoms with Gasteiger partial charge in [-0.1, -0.05) is 19.1 Å². The molecule has 0 spiro atoms. The number of nitrogens with one attached hydrogen (secondary N) is 3. The third-order valence-corrected chi connectivity index (χ3v) is 5.93. The zero-order valence-electron chi connectivity index (χ0n) is 19.2. The fraction of sp³-hybridized carbons (Fsp3) is 0.115. The van der Waals surface area contributed by atoms with E-state index in [9.17, 15) is 9.50 Å². The number of benzene rings is 1. The van der Waals surface area contributed by atoms with Gasteiger partial charge in [-0.3, -0.25) is 15.1 Å². The SMILES string of the molecule is CCC(O)Nc1cncc(-c2cnc3[nH]nc(-c4nc5c(-c6cccc(F)c6)nccc5[nH]4)c3c2)c1. The summed E-state index contributed by atoms with van der Waals surface area (Å²) in [7, 11) is 0. The predicted octanol–water partition coefficient (Wildman–Crippen LogP) is 4.90. The van der Waals surface area contributed by atoms with Crippen LogP contribution < -0.4 is 5.32 Å². The molecule has 0 saturated heterocycles.